The van der Waals surface area contributed by atoms with E-state index >= 15 is 0 Å². The topological polar surface area (TPSA) is 36.1 Å². The number of hydrogen-bond donors (Lipinski definition) is 0. The number of rotatable bonds is 1. The van der Waals surface area contributed by atoms with E-state index in [0.717, 1.165) is 11.4 Å². The van der Waals surface area contributed by atoms with E-state index in [1.165, 1.54) is 0 Å². The van der Waals surface area contributed by atoms with Crippen molar-refractivity contribution in [3.8, 4) is 6.07 Å². The van der Waals surface area contributed by atoms with Crippen LogP contribution in [0.1, 0.15) is 27.7 Å². The molecule has 1 rings (SSSR count). The first-order chi connectivity index (χ1) is 6.44. The second kappa shape index (κ2) is 3.79. The minimum absolute atomic E-state index is 0.0323. The van der Waals surface area contributed by atoms with Crippen molar-refractivity contribution >= 4 is 5.71 Å². The molecule has 2 nitrogen and oxygen atoms in total. The molecule has 0 bridgehead atoms. The normalized spacial score (nSPS) is 21.6. The fraction of sp³-hybridized carbons (Fsp3) is 0.500. The highest BCUT2D eigenvalue weighted by Gasteiger charge is 2.16. The van der Waals surface area contributed by atoms with Gasteiger partial charge >= 0.3 is 0 Å². The Kier molecular flexibility index (Phi) is 2.90. The van der Waals surface area contributed by atoms with Crippen LogP contribution in [0.4, 0.5) is 0 Å². The fourth-order valence-corrected chi connectivity index (χ4v) is 1.47. The summed E-state index contributed by atoms with van der Waals surface area (Å²) in [6.45, 7) is 8.10. The monoisotopic (exact) mass is 188 g/mol. The van der Waals surface area contributed by atoms with E-state index in [2.05, 4.69) is 37.1 Å². The highest BCUT2D eigenvalue weighted by atomic mass is 14.8. The number of nitriles is 1. The van der Waals surface area contributed by atoms with Gasteiger partial charge in [-0.05, 0) is 19.9 Å². The highest BCUT2D eigenvalue weighted by Crippen LogP contribution is 2.24. The summed E-state index contributed by atoms with van der Waals surface area (Å²) in [4.78, 5) is 4.41. The third kappa shape index (κ3) is 2.56. The Morgan fingerprint density at radius 1 is 1.50 bits per heavy atom. The molecular weight excluding hydrogens is 172 g/mol. The minimum atomic E-state index is -0.136. The molecule has 0 aliphatic carbocycles. The van der Waals surface area contributed by atoms with Crippen LogP contribution in [0.25, 0.3) is 0 Å². The van der Waals surface area contributed by atoms with Gasteiger partial charge in [0.25, 0.3) is 0 Å². The lowest BCUT2D eigenvalue weighted by atomic mass is 9.91. The Labute approximate surface area is 85.7 Å². The molecule has 1 aliphatic heterocycles. The maximum atomic E-state index is 8.81. The lowest BCUT2D eigenvalue weighted by Gasteiger charge is -2.13. The van der Waals surface area contributed by atoms with Crippen LogP contribution in [0.3, 0.4) is 0 Å². The SMILES string of the molecule is CC1=CC(C)(C)C=CC(C(C)C#N)=N1. The first-order valence-corrected chi connectivity index (χ1v) is 4.81. The molecular formula is C12H16N2. The maximum Gasteiger partial charge on any atom is 0.0856 e. The van der Waals surface area contributed by atoms with Gasteiger partial charge in [0, 0.05) is 11.1 Å². The predicted molar refractivity (Wildman–Crippen MR) is 58.9 cm³/mol. The lowest BCUT2D eigenvalue weighted by Crippen LogP contribution is -2.06. The molecule has 74 valence electrons. The maximum absolute atomic E-state index is 8.81. The third-order valence-corrected chi connectivity index (χ3v) is 2.21. The fourth-order valence-electron chi connectivity index (χ4n) is 1.47. The molecule has 0 saturated heterocycles. The van der Waals surface area contributed by atoms with E-state index in [-0.39, 0.29) is 11.3 Å². The standard InChI is InChI=1S/C12H16N2/c1-9(8-13)11-5-6-12(3,4)7-10(2)14-11/h5-7,9H,1-4H3. The zero-order valence-electron chi connectivity index (χ0n) is 9.20. The summed E-state index contributed by atoms with van der Waals surface area (Å²) in [5.74, 6) is -0.136. The van der Waals surface area contributed by atoms with Crippen molar-refractivity contribution in [1.29, 1.82) is 5.26 Å². The van der Waals surface area contributed by atoms with Crippen LogP contribution in [0.2, 0.25) is 0 Å². The van der Waals surface area contributed by atoms with Crippen LogP contribution in [0.15, 0.2) is 28.9 Å². The Morgan fingerprint density at radius 3 is 2.71 bits per heavy atom. The van der Waals surface area contributed by atoms with Crippen LogP contribution in [0.5, 0.6) is 0 Å². The number of nitrogens with zero attached hydrogens (tertiary/aromatic N) is 2. The first kappa shape index (κ1) is 10.7. The quantitative estimate of drug-likeness (QED) is 0.623. The van der Waals surface area contributed by atoms with Gasteiger partial charge in [-0.3, -0.25) is 4.99 Å². The van der Waals surface area contributed by atoms with Crippen molar-refractivity contribution < 1.29 is 0 Å². The van der Waals surface area contributed by atoms with E-state index < -0.39 is 0 Å². The second-order valence-electron chi connectivity index (χ2n) is 4.33. The van der Waals surface area contributed by atoms with E-state index in [1.54, 1.807) is 0 Å². The van der Waals surface area contributed by atoms with Crippen molar-refractivity contribution in [3.05, 3.63) is 23.9 Å². The Morgan fingerprint density at radius 2 is 2.14 bits per heavy atom. The number of allylic oxidation sites excluding steroid dienone is 4. The lowest BCUT2D eigenvalue weighted by molar-refractivity contribution is 0.622. The largest absolute Gasteiger partial charge is 0.257 e. The molecule has 1 aliphatic rings. The molecule has 1 heterocycles. The summed E-state index contributed by atoms with van der Waals surface area (Å²) in [5, 5.41) is 8.81. The van der Waals surface area contributed by atoms with E-state index in [4.69, 9.17) is 5.26 Å². The van der Waals surface area contributed by atoms with Crippen molar-refractivity contribution in [1.82, 2.24) is 0 Å². The molecule has 0 aromatic rings. The van der Waals surface area contributed by atoms with Gasteiger partial charge in [-0.2, -0.15) is 5.26 Å². The van der Waals surface area contributed by atoms with E-state index in [9.17, 15) is 0 Å². The van der Waals surface area contributed by atoms with Gasteiger partial charge in [-0.1, -0.05) is 26.0 Å². The van der Waals surface area contributed by atoms with Crippen LogP contribution in [-0.4, -0.2) is 5.71 Å². The summed E-state index contributed by atoms with van der Waals surface area (Å²) < 4.78 is 0. The van der Waals surface area contributed by atoms with Gasteiger partial charge in [-0.15, -0.1) is 0 Å². The van der Waals surface area contributed by atoms with E-state index in [0.29, 0.717) is 0 Å². The summed E-state index contributed by atoms with van der Waals surface area (Å²) >= 11 is 0. The van der Waals surface area contributed by atoms with Crippen LogP contribution >= 0.6 is 0 Å². The molecule has 0 fully saturated rings. The van der Waals surface area contributed by atoms with Gasteiger partial charge in [-0.25, -0.2) is 0 Å². The summed E-state index contributed by atoms with van der Waals surface area (Å²) in [6, 6.07) is 2.20. The van der Waals surface area contributed by atoms with Crippen LogP contribution in [-0.2, 0) is 0 Å². The molecule has 0 radical (unpaired) electrons. The van der Waals surface area contributed by atoms with Gasteiger partial charge in [0.15, 0.2) is 0 Å². The summed E-state index contributed by atoms with van der Waals surface area (Å²) in [5.41, 5.74) is 1.87. The molecule has 1 atom stereocenters. The molecule has 0 saturated carbocycles. The zero-order valence-corrected chi connectivity index (χ0v) is 9.20. The van der Waals surface area contributed by atoms with Crippen molar-refractivity contribution in [3.63, 3.8) is 0 Å². The third-order valence-electron chi connectivity index (χ3n) is 2.21. The highest BCUT2D eigenvalue weighted by molar-refractivity contribution is 5.99. The smallest absolute Gasteiger partial charge is 0.0856 e. The van der Waals surface area contributed by atoms with Crippen molar-refractivity contribution in [2.24, 2.45) is 16.3 Å². The Hall–Kier alpha value is -1.36. The molecule has 14 heavy (non-hydrogen) atoms. The molecule has 1 unspecified atom stereocenters. The van der Waals surface area contributed by atoms with E-state index in [1.807, 2.05) is 19.9 Å². The van der Waals surface area contributed by atoms with Gasteiger partial charge in [0.05, 0.1) is 17.7 Å². The van der Waals surface area contributed by atoms with Gasteiger partial charge in [0.1, 0.15) is 0 Å². The Bertz CT molecular complexity index is 351. The average Bonchev–Trinajstić information content (AvgIpc) is 2.22. The Balaban J connectivity index is 3.05. The van der Waals surface area contributed by atoms with Crippen LogP contribution in [0, 0.1) is 22.7 Å². The molecule has 2 heteroatoms. The number of aliphatic imine (C=N–C) groups is 1. The van der Waals surface area contributed by atoms with Crippen LogP contribution < -0.4 is 0 Å². The summed E-state index contributed by atoms with van der Waals surface area (Å²) in [6.07, 6.45) is 6.16. The van der Waals surface area contributed by atoms with Crippen molar-refractivity contribution in [2.45, 2.75) is 27.7 Å². The summed E-state index contributed by atoms with van der Waals surface area (Å²) in [7, 11) is 0. The molecule has 0 amide bonds. The van der Waals surface area contributed by atoms with Crippen molar-refractivity contribution in [2.75, 3.05) is 0 Å². The van der Waals surface area contributed by atoms with Gasteiger partial charge < -0.3 is 0 Å². The molecule has 0 aromatic heterocycles. The first-order valence-electron chi connectivity index (χ1n) is 4.81. The molecule has 0 N–H and O–H groups in total. The predicted octanol–water partition coefficient (Wildman–Crippen LogP) is 3.09. The zero-order chi connectivity index (χ0) is 10.8. The average molecular weight is 188 g/mol. The minimum Gasteiger partial charge on any atom is -0.257 e. The second-order valence-corrected chi connectivity index (χ2v) is 4.33. The van der Waals surface area contributed by atoms with Gasteiger partial charge in [0.2, 0.25) is 0 Å². The number of hydrogen-bond acceptors (Lipinski definition) is 2. The molecule has 0 aromatic carbocycles. The molecule has 0 spiro atoms.